The highest BCUT2D eigenvalue weighted by Gasteiger charge is 2.38. The Morgan fingerprint density at radius 2 is 2.00 bits per heavy atom. The van der Waals surface area contributed by atoms with Gasteiger partial charge in [-0.25, -0.2) is 0 Å². The molecule has 0 aromatic heterocycles. The van der Waals surface area contributed by atoms with Gasteiger partial charge in [-0.15, -0.1) is 0 Å². The molecule has 1 saturated heterocycles. The predicted molar refractivity (Wildman–Crippen MR) is 66.8 cm³/mol. The average Bonchev–Trinajstić information content (AvgIpc) is 2.83. The van der Waals surface area contributed by atoms with Crippen LogP contribution in [0.25, 0.3) is 0 Å². The molecule has 3 heteroatoms. The molecule has 2 N–H and O–H groups in total. The normalized spacial score (nSPS) is 40.4. The van der Waals surface area contributed by atoms with Crippen LogP contribution in [0.1, 0.15) is 58.3 Å². The van der Waals surface area contributed by atoms with Crippen molar-refractivity contribution in [3.8, 4) is 0 Å². The van der Waals surface area contributed by atoms with Crippen molar-refractivity contribution in [2.24, 2.45) is 5.92 Å². The first-order valence-electron chi connectivity index (χ1n) is 7.12. The van der Waals surface area contributed by atoms with Crippen LogP contribution < -0.4 is 0 Å². The van der Waals surface area contributed by atoms with Gasteiger partial charge in [0.15, 0.2) is 0 Å². The minimum Gasteiger partial charge on any atom is -0.390 e. The van der Waals surface area contributed by atoms with Gasteiger partial charge in [-0.1, -0.05) is 6.92 Å². The zero-order valence-corrected chi connectivity index (χ0v) is 10.9. The van der Waals surface area contributed by atoms with Crippen LogP contribution in [0.15, 0.2) is 0 Å². The van der Waals surface area contributed by atoms with Crippen molar-refractivity contribution >= 4 is 0 Å². The third-order valence-corrected chi connectivity index (χ3v) is 4.55. The summed E-state index contributed by atoms with van der Waals surface area (Å²) in [5.74, 6) is 0.695. The van der Waals surface area contributed by atoms with Crippen LogP contribution in [-0.2, 0) is 4.74 Å². The van der Waals surface area contributed by atoms with Crippen molar-refractivity contribution in [3.63, 3.8) is 0 Å². The van der Waals surface area contributed by atoms with Gasteiger partial charge in [0.2, 0.25) is 0 Å². The molecule has 0 spiro atoms. The third-order valence-electron chi connectivity index (χ3n) is 4.55. The summed E-state index contributed by atoms with van der Waals surface area (Å²) in [5.41, 5.74) is -0.828. The molecule has 2 unspecified atom stereocenters. The average molecular weight is 242 g/mol. The number of hydrogen-bond donors (Lipinski definition) is 2. The van der Waals surface area contributed by atoms with Gasteiger partial charge in [-0.2, -0.15) is 0 Å². The summed E-state index contributed by atoms with van der Waals surface area (Å²) in [4.78, 5) is 0. The monoisotopic (exact) mass is 242 g/mol. The van der Waals surface area contributed by atoms with Crippen molar-refractivity contribution in [1.29, 1.82) is 0 Å². The summed E-state index contributed by atoms with van der Waals surface area (Å²) in [6.45, 7) is 3.08. The van der Waals surface area contributed by atoms with Gasteiger partial charge < -0.3 is 14.9 Å². The first kappa shape index (κ1) is 13.3. The molecule has 2 aliphatic rings. The Morgan fingerprint density at radius 1 is 1.29 bits per heavy atom. The molecule has 2 fully saturated rings. The minimum absolute atomic E-state index is 0.316. The van der Waals surface area contributed by atoms with Gasteiger partial charge in [-0.05, 0) is 57.3 Å². The molecule has 0 aromatic carbocycles. The van der Waals surface area contributed by atoms with E-state index in [-0.39, 0.29) is 0 Å². The van der Waals surface area contributed by atoms with E-state index >= 15 is 0 Å². The number of hydrogen-bond acceptors (Lipinski definition) is 3. The van der Waals surface area contributed by atoms with Gasteiger partial charge in [0, 0.05) is 6.61 Å². The molecule has 3 nitrogen and oxygen atoms in total. The molecule has 1 saturated carbocycles. The molecular weight excluding hydrogens is 216 g/mol. The lowest BCUT2D eigenvalue weighted by Gasteiger charge is -2.38. The first-order valence-corrected chi connectivity index (χ1v) is 7.12. The highest BCUT2D eigenvalue weighted by molar-refractivity contribution is 4.91. The predicted octanol–water partition coefficient (Wildman–Crippen LogP) is 2.25. The second-order valence-electron chi connectivity index (χ2n) is 6.01. The molecule has 100 valence electrons. The zero-order valence-electron chi connectivity index (χ0n) is 10.9. The summed E-state index contributed by atoms with van der Waals surface area (Å²) in [5, 5.41) is 20.6. The summed E-state index contributed by atoms with van der Waals surface area (Å²) < 4.78 is 5.55. The maximum atomic E-state index is 10.4. The SMILES string of the molecule is CC1CCC(O)(C(O)CCC2CCCO2)CC1. The molecule has 2 atom stereocenters. The Labute approximate surface area is 104 Å². The Morgan fingerprint density at radius 3 is 2.59 bits per heavy atom. The van der Waals surface area contributed by atoms with E-state index in [0.29, 0.717) is 18.4 Å². The smallest absolute Gasteiger partial charge is 0.0905 e. The van der Waals surface area contributed by atoms with Gasteiger partial charge in [0.25, 0.3) is 0 Å². The molecule has 2 rings (SSSR count). The van der Waals surface area contributed by atoms with Crippen LogP contribution >= 0.6 is 0 Å². The van der Waals surface area contributed by atoms with Gasteiger partial charge >= 0.3 is 0 Å². The maximum absolute atomic E-state index is 10.4. The van der Waals surface area contributed by atoms with Crippen LogP contribution in [0.2, 0.25) is 0 Å². The number of rotatable bonds is 4. The molecule has 1 aliphatic heterocycles. The van der Waals surface area contributed by atoms with Gasteiger partial charge in [0.05, 0.1) is 17.8 Å². The fraction of sp³-hybridized carbons (Fsp3) is 1.00. The molecule has 0 bridgehead atoms. The Balaban J connectivity index is 1.75. The zero-order chi connectivity index (χ0) is 12.3. The number of ether oxygens (including phenoxy) is 1. The maximum Gasteiger partial charge on any atom is 0.0905 e. The van der Waals surface area contributed by atoms with Gasteiger partial charge in [-0.3, -0.25) is 0 Å². The van der Waals surface area contributed by atoms with Crippen molar-refractivity contribution in [3.05, 3.63) is 0 Å². The topological polar surface area (TPSA) is 49.7 Å². The number of aliphatic hydroxyl groups excluding tert-OH is 1. The second-order valence-corrected chi connectivity index (χ2v) is 6.01. The largest absolute Gasteiger partial charge is 0.390 e. The second kappa shape index (κ2) is 5.68. The lowest BCUT2D eigenvalue weighted by molar-refractivity contribution is -0.108. The molecule has 1 heterocycles. The Hall–Kier alpha value is -0.120. The van der Waals surface area contributed by atoms with Crippen molar-refractivity contribution in [2.75, 3.05) is 6.61 Å². The highest BCUT2D eigenvalue weighted by atomic mass is 16.5. The van der Waals surface area contributed by atoms with E-state index in [4.69, 9.17) is 4.74 Å². The van der Waals surface area contributed by atoms with Gasteiger partial charge in [0.1, 0.15) is 0 Å². The Kier molecular flexibility index (Phi) is 4.45. The lowest BCUT2D eigenvalue weighted by atomic mass is 9.75. The number of aliphatic hydroxyl groups is 2. The van der Waals surface area contributed by atoms with E-state index in [1.807, 2.05) is 0 Å². The van der Waals surface area contributed by atoms with Crippen molar-refractivity contribution < 1.29 is 14.9 Å². The van der Waals surface area contributed by atoms with E-state index < -0.39 is 11.7 Å². The lowest BCUT2D eigenvalue weighted by Crippen LogP contribution is -2.45. The molecule has 17 heavy (non-hydrogen) atoms. The summed E-state index contributed by atoms with van der Waals surface area (Å²) in [6.07, 6.45) is 7.14. The molecule has 1 aliphatic carbocycles. The molecule has 0 radical (unpaired) electrons. The summed E-state index contributed by atoms with van der Waals surface area (Å²) in [7, 11) is 0. The quantitative estimate of drug-likeness (QED) is 0.795. The van der Waals surface area contributed by atoms with Crippen molar-refractivity contribution in [1.82, 2.24) is 0 Å². The Bertz CT molecular complexity index is 228. The molecule has 0 amide bonds. The minimum atomic E-state index is -0.828. The third kappa shape index (κ3) is 3.43. The first-order chi connectivity index (χ1) is 8.10. The molecular formula is C14H26O3. The van der Waals surface area contributed by atoms with Crippen LogP contribution in [0.4, 0.5) is 0 Å². The highest BCUT2D eigenvalue weighted by Crippen LogP contribution is 2.36. The van der Waals surface area contributed by atoms with E-state index in [9.17, 15) is 10.2 Å². The van der Waals surface area contributed by atoms with E-state index in [2.05, 4.69) is 6.92 Å². The summed E-state index contributed by atoms with van der Waals surface area (Å²) >= 11 is 0. The van der Waals surface area contributed by atoms with E-state index in [0.717, 1.165) is 51.6 Å². The fourth-order valence-electron chi connectivity index (χ4n) is 3.08. The summed E-state index contributed by atoms with van der Waals surface area (Å²) in [6, 6.07) is 0. The van der Waals surface area contributed by atoms with E-state index in [1.54, 1.807) is 0 Å². The van der Waals surface area contributed by atoms with Crippen LogP contribution in [0, 0.1) is 5.92 Å². The fourth-order valence-corrected chi connectivity index (χ4v) is 3.08. The van der Waals surface area contributed by atoms with Crippen LogP contribution in [-0.4, -0.2) is 34.6 Å². The van der Waals surface area contributed by atoms with Crippen molar-refractivity contribution in [2.45, 2.75) is 76.1 Å². The standard InChI is InChI=1S/C14H26O3/c1-11-6-8-14(16,9-7-11)13(15)5-4-12-3-2-10-17-12/h11-13,15-16H,2-10H2,1H3. The van der Waals surface area contributed by atoms with E-state index in [1.165, 1.54) is 0 Å². The molecule has 0 aromatic rings. The van der Waals surface area contributed by atoms with Crippen LogP contribution in [0.5, 0.6) is 0 Å². The van der Waals surface area contributed by atoms with Crippen LogP contribution in [0.3, 0.4) is 0 Å².